The second-order valence-electron chi connectivity index (χ2n) is 7.07. The van der Waals surface area contributed by atoms with Gasteiger partial charge in [0.05, 0.1) is 29.2 Å². The third kappa shape index (κ3) is 3.50. The molecule has 0 bridgehead atoms. The molecule has 1 aliphatic heterocycles. The highest BCUT2D eigenvalue weighted by Crippen LogP contribution is 2.29. The summed E-state index contributed by atoms with van der Waals surface area (Å²) in [6, 6.07) is 11.5. The smallest absolute Gasteiger partial charge is 0.180 e. The molecule has 140 valence electrons. The van der Waals surface area contributed by atoms with Gasteiger partial charge in [-0.25, -0.2) is 0 Å². The van der Waals surface area contributed by atoms with E-state index in [-0.39, 0.29) is 11.9 Å². The maximum atomic E-state index is 13.1. The Bertz CT molecular complexity index is 973. The van der Waals surface area contributed by atoms with E-state index in [0.717, 1.165) is 48.3 Å². The minimum atomic E-state index is -0.244. The number of benzene rings is 1. The van der Waals surface area contributed by atoms with Crippen molar-refractivity contribution in [2.45, 2.75) is 25.9 Å². The Kier molecular flexibility index (Phi) is 5.00. The van der Waals surface area contributed by atoms with Gasteiger partial charge in [-0.15, -0.1) is 0 Å². The molecule has 3 aromatic rings. The minimum Gasteiger partial charge on any atom is -0.393 e. The first-order chi connectivity index (χ1) is 13.0. The summed E-state index contributed by atoms with van der Waals surface area (Å²) in [7, 11) is 0. The number of pyridine rings is 1. The molecule has 1 fully saturated rings. The summed E-state index contributed by atoms with van der Waals surface area (Å²) < 4.78 is 2.06. The van der Waals surface area contributed by atoms with Gasteiger partial charge in [0, 0.05) is 35.7 Å². The number of likely N-dealkylation sites (tertiary alicyclic amines) is 1. The molecule has 0 saturated carbocycles. The molecule has 0 amide bonds. The molecule has 27 heavy (non-hydrogen) atoms. The van der Waals surface area contributed by atoms with E-state index in [4.69, 9.17) is 11.6 Å². The highest BCUT2D eigenvalue weighted by atomic mass is 35.5. The van der Waals surface area contributed by atoms with Gasteiger partial charge in [0.15, 0.2) is 5.78 Å². The van der Waals surface area contributed by atoms with E-state index >= 15 is 0 Å². The van der Waals surface area contributed by atoms with Crippen molar-refractivity contribution in [2.75, 3.05) is 19.6 Å². The summed E-state index contributed by atoms with van der Waals surface area (Å²) in [4.78, 5) is 19.8. The summed E-state index contributed by atoms with van der Waals surface area (Å²) >= 11 is 6.03. The number of carbonyl (C=O) groups excluding carboxylic acids is 1. The van der Waals surface area contributed by atoms with Gasteiger partial charge in [0.1, 0.15) is 0 Å². The van der Waals surface area contributed by atoms with E-state index in [1.165, 1.54) is 0 Å². The van der Waals surface area contributed by atoms with Gasteiger partial charge in [-0.3, -0.25) is 14.7 Å². The number of hydrogen-bond acceptors (Lipinski definition) is 4. The average Bonchev–Trinajstić information content (AvgIpc) is 2.96. The van der Waals surface area contributed by atoms with Gasteiger partial charge in [0.2, 0.25) is 0 Å². The third-order valence-electron chi connectivity index (χ3n) is 5.25. The number of fused-ring (bicyclic) bond motifs is 1. The molecule has 0 aliphatic carbocycles. The fourth-order valence-corrected chi connectivity index (χ4v) is 3.98. The van der Waals surface area contributed by atoms with Crippen molar-refractivity contribution < 1.29 is 9.90 Å². The number of aliphatic hydroxyl groups excluding tert-OH is 1. The quantitative estimate of drug-likeness (QED) is 0.699. The van der Waals surface area contributed by atoms with Gasteiger partial charge in [-0.1, -0.05) is 11.6 Å². The number of halogens is 1. The molecule has 4 rings (SSSR count). The van der Waals surface area contributed by atoms with Crippen LogP contribution in [-0.2, 0) is 0 Å². The number of hydrogen-bond donors (Lipinski definition) is 1. The van der Waals surface area contributed by atoms with Crippen LogP contribution < -0.4 is 0 Å². The molecule has 1 aromatic carbocycles. The maximum Gasteiger partial charge on any atom is 0.180 e. The highest BCUT2D eigenvalue weighted by Gasteiger charge is 2.25. The van der Waals surface area contributed by atoms with Crippen LogP contribution in [0, 0.1) is 6.92 Å². The first-order valence-electron chi connectivity index (χ1n) is 9.20. The van der Waals surface area contributed by atoms with E-state index in [1.54, 1.807) is 6.20 Å². The van der Waals surface area contributed by atoms with Crippen molar-refractivity contribution in [3.05, 3.63) is 58.9 Å². The van der Waals surface area contributed by atoms with E-state index in [0.29, 0.717) is 17.1 Å². The van der Waals surface area contributed by atoms with Crippen LogP contribution in [0.25, 0.3) is 16.7 Å². The SMILES string of the molecule is Cc1c(C(=O)CN2CCC(O)CC2)c2ncccc2n1-c1ccc(Cl)cc1. The number of ketones is 1. The van der Waals surface area contributed by atoms with Gasteiger partial charge < -0.3 is 9.67 Å². The summed E-state index contributed by atoms with van der Waals surface area (Å²) in [5, 5.41) is 10.4. The lowest BCUT2D eigenvalue weighted by molar-refractivity contribution is 0.0711. The zero-order valence-corrected chi connectivity index (χ0v) is 16.0. The molecule has 2 aromatic heterocycles. The lowest BCUT2D eigenvalue weighted by Gasteiger charge is -2.28. The van der Waals surface area contributed by atoms with E-state index in [2.05, 4.69) is 14.5 Å². The first-order valence-corrected chi connectivity index (χ1v) is 9.58. The first kappa shape index (κ1) is 18.2. The summed E-state index contributed by atoms with van der Waals surface area (Å²) in [5.41, 5.74) is 4.15. The Morgan fingerprint density at radius 3 is 2.63 bits per heavy atom. The van der Waals surface area contributed by atoms with Crippen LogP contribution in [0.4, 0.5) is 0 Å². The van der Waals surface area contributed by atoms with Crippen LogP contribution >= 0.6 is 11.6 Å². The topological polar surface area (TPSA) is 58.4 Å². The van der Waals surface area contributed by atoms with Crippen LogP contribution in [0.3, 0.4) is 0 Å². The molecule has 3 heterocycles. The molecule has 0 radical (unpaired) electrons. The zero-order valence-electron chi connectivity index (χ0n) is 15.2. The molecule has 0 unspecified atom stereocenters. The predicted molar refractivity (Wildman–Crippen MR) is 107 cm³/mol. The Balaban J connectivity index is 1.74. The van der Waals surface area contributed by atoms with Crippen molar-refractivity contribution >= 4 is 28.4 Å². The Hall–Kier alpha value is -2.21. The number of piperidine rings is 1. The lowest BCUT2D eigenvalue weighted by atomic mass is 10.1. The monoisotopic (exact) mass is 383 g/mol. The Morgan fingerprint density at radius 2 is 1.93 bits per heavy atom. The summed E-state index contributed by atoms with van der Waals surface area (Å²) in [6.07, 6.45) is 2.92. The molecule has 1 saturated heterocycles. The third-order valence-corrected chi connectivity index (χ3v) is 5.50. The molecule has 6 heteroatoms. The number of carbonyl (C=O) groups is 1. The molecular formula is C21H22ClN3O2. The van der Waals surface area contributed by atoms with Crippen molar-refractivity contribution in [3.63, 3.8) is 0 Å². The number of nitrogens with zero attached hydrogens (tertiary/aromatic N) is 3. The van der Waals surface area contributed by atoms with E-state index < -0.39 is 0 Å². The fraction of sp³-hybridized carbons (Fsp3) is 0.333. The summed E-state index contributed by atoms with van der Waals surface area (Å²) in [5.74, 6) is 0.0697. The molecular weight excluding hydrogens is 362 g/mol. The van der Waals surface area contributed by atoms with E-state index in [9.17, 15) is 9.90 Å². The number of aliphatic hydroxyl groups is 1. The fourth-order valence-electron chi connectivity index (χ4n) is 3.85. The molecule has 5 nitrogen and oxygen atoms in total. The number of rotatable bonds is 4. The lowest BCUT2D eigenvalue weighted by Crippen LogP contribution is -2.39. The van der Waals surface area contributed by atoms with Crippen molar-refractivity contribution in [1.29, 1.82) is 0 Å². The van der Waals surface area contributed by atoms with Crippen molar-refractivity contribution in [1.82, 2.24) is 14.5 Å². The summed E-state index contributed by atoms with van der Waals surface area (Å²) in [6.45, 7) is 3.80. The number of Topliss-reactive ketones (excluding diaryl/α,β-unsaturated/α-hetero) is 1. The second-order valence-corrected chi connectivity index (χ2v) is 7.51. The van der Waals surface area contributed by atoms with Crippen LogP contribution in [0.5, 0.6) is 0 Å². The zero-order chi connectivity index (χ0) is 19.0. The van der Waals surface area contributed by atoms with Crippen LogP contribution in [0.2, 0.25) is 5.02 Å². The van der Waals surface area contributed by atoms with Crippen LogP contribution in [0.15, 0.2) is 42.6 Å². The molecule has 0 spiro atoms. The second kappa shape index (κ2) is 7.43. The largest absolute Gasteiger partial charge is 0.393 e. The normalized spacial score (nSPS) is 16.1. The van der Waals surface area contributed by atoms with E-state index in [1.807, 2.05) is 43.3 Å². The van der Waals surface area contributed by atoms with Gasteiger partial charge >= 0.3 is 0 Å². The predicted octanol–water partition coefficient (Wildman–Crippen LogP) is 3.63. The van der Waals surface area contributed by atoms with Gasteiger partial charge in [0.25, 0.3) is 0 Å². The number of aromatic nitrogens is 2. The Morgan fingerprint density at radius 1 is 1.22 bits per heavy atom. The molecule has 0 atom stereocenters. The van der Waals surface area contributed by atoms with Crippen molar-refractivity contribution in [2.24, 2.45) is 0 Å². The molecule has 1 aliphatic rings. The standard InChI is InChI=1S/C21H22ClN3O2/c1-14-20(19(27)13-24-11-8-17(26)9-12-24)21-18(3-2-10-23-21)25(14)16-6-4-15(22)5-7-16/h2-7,10,17,26H,8-9,11-13H2,1H3. The maximum absolute atomic E-state index is 13.1. The molecule has 1 N–H and O–H groups in total. The van der Waals surface area contributed by atoms with Crippen LogP contribution in [0.1, 0.15) is 28.9 Å². The van der Waals surface area contributed by atoms with Gasteiger partial charge in [-0.05, 0) is 56.2 Å². The van der Waals surface area contributed by atoms with Crippen LogP contribution in [-0.4, -0.2) is 51.1 Å². The average molecular weight is 384 g/mol. The van der Waals surface area contributed by atoms with Crippen molar-refractivity contribution in [3.8, 4) is 5.69 Å². The Labute approximate surface area is 163 Å². The highest BCUT2D eigenvalue weighted by molar-refractivity contribution is 6.30. The minimum absolute atomic E-state index is 0.0697. The van der Waals surface area contributed by atoms with Gasteiger partial charge in [-0.2, -0.15) is 0 Å².